The van der Waals surface area contributed by atoms with Gasteiger partial charge in [-0.25, -0.2) is 14.6 Å². The molecule has 25 heavy (non-hydrogen) atoms. The number of benzene rings is 1. The van der Waals surface area contributed by atoms with E-state index in [2.05, 4.69) is 25.3 Å². The van der Waals surface area contributed by atoms with Crippen molar-refractivity contribution in [3.8, 4) is 11.1 Å². The summed E-state index contributed by atoms with van der Waals surface area (Å²) in [6, 6.07) is 5.74. The Balaban J connectivity index is 1.71. The number of halogens is 3. The summed E-state index contributed by atoms with van der Waals surface area (Å²) in [5, 5.41) is 8.77. The minimum absolute atomic E-state index is 0.171. The monoisotopic (exact) mass is 346 g/mol. The van der Waals surface area contributed by atoms with Gasteiger partial charge in [-0.05, 0) is 17.7 Å². The van der Waals surface area contributed by atoms with Crippen molar-refractivity contribution < 1.29 is 13.2 Å². The highest BCUT2D eigenvalue weighted by molar-refractivity contribution is 5.95. The predicted octanol–water partition coefficient (Wildman–Crippen LogP) is 3.40. The Hall–Kier alpha value is -2.97. The molecule has 1 N–H and O–H groups in total. The molecule has 4 rings (SSSR count). The number of aryl methyl sites for hydroxylation is 2. The molecule has 0 aliphatic heterocycles. The first-order valence-corrected chi connectivity index (χ1v) is 7.60. The Morgan fingerprint density at radius 2 is 2.08 bits per heavy atom. The third-order valence-corrected chi connectivity index (χ3v) is 4.04. The van der Waals surface area contributed by atoms with Gasteiger partial charge in [0, 0.05) is 36.8 Å². The third kappa shape index (κ3) is 2.92. The molecule has 3 heterocycles. The van der Waals surface area contributed by atoms with Crippen molar-refractivity contribution in [2.75, 3.05) is 0 Å². The van der Waals surface area contributed by atoms with Gasteiger partial charge in [0.1, 0.15) is 17.0 Å². The zero-order valence-electron chi connectivity index (χ0n) is 13.2. The summed E-state index contributed by atoms with van der Waals surface area (Å²) in [5.41, 5.74) is 3.99. The molecule has 0 fully saturated rings. The van der Waals surface area contributed by atoms with E-state index in [1.54, 1.807) is 17.1 Å². The van der Waals surface area contributed by atoms with Gasteiger partial charge in [0.05, 0.1) is 11.9 Å². The summed E-state index contributed by atoms with van der Waals surface area (Å²) in [6.07, 6.45) is -2.05. The number of hydrogen-bond acceptors (Lipinski definition) is 4. The van der Waals surface area contributed by atoms with E-state index in [1.165, 1.54) is 0 Å². The van der Waals surface area contributed by atoms with Crippen LogP contribution in [0.3, 0.4) is 0 Å². The number of nitrogens with zero attached hydrogens (tertiary/aromatic N) is 5. The standard InChI is InChI=1S/C16H13F3N6/c1-25-13-6-9(2-3-12(13)23-24-25)10-7-21-15-11(10)8-20-14(22-15)4-5-16(17,18)19/h2-3,6-8H,4-5H2,1H3,(H,20,21,22). The van der Waals surface area contributed by atoms with E-state index in [1.807, 2.05) is 25.2 Å². The molecule has 0 amide bonds. The summed E-state index contributed by atoms with van der Waals surface area (Å²) in [4.78, 5) is 11.3. The summed E-state index contributed by atoms with van der Waals surface area (Å²) < 4.78 is 38.7. The number of alkyl halides is 3. The summed E-state index contributed by atoms with van der Waals surface area (Å²) in [7, 11) is 1.81. The molecule has 128 valence electrons. The highest BCUT2D eigenvalue weighted by Crippen LogP contribution is 2.29. The second-order valence-corrected chi connectivity index (χ2v) is 5.78. The second-order valence-electron chi connectivity index (χ2n) is 5.78. The molecule has 9 heteroatoms. The number of H-pyrrole nitrogens is 1. The molecule has 0 spiro atoms. The fourth-order valence-electron chi connectivity index (χ4n) is 2.75. The van der Waals surface area contributed by atoms with Crippen molar-refractivity contribution in [2.24, 2.45) is 7.05 Å². The van der Waals surface area contributed by atoms with Gasteiger partial charge < -0.3 is 4.98 Å². The fourth-order valence-corrected chi connectivity index (χ4v) is 2.75. The molecule has 4 aromatic rings. The smallest absolute Gasteiger partial charge is 0.345 e. The van der Waals surface area contributed by atoms with Gasteiger partial charge in [0.15, 0.2) is 0 Å². The van der Waals surface area contributed by atoms with Gasteiger partial charge >= 0.3 is 6.18 Å². The molecule has 0 aliphatic rings. The lowest BCUT2D eigenvalue weighted by Gasteiger charge is -2.05. The molecule has 3 aromatic heterocycles. The molecular weight excluding hydrogens is 333 g/mol. The molecule has 1 aromatic carbocycles. The number of fused-ring (bicyclic) bond motifs is 2. The van der Waals surface area contributed by atoms with Crippen LogP contribution in [0.15, 0.2) is 30.6 Å². The Kier molecular flexibility index (Phi) is 3.45. The summed E-state index contributed by atoms with van der Waals surface area (Å²) in [5.74, 6) is 0.171. The molecule has 0 unspecified atom stereocenters. The Bertz CT molecular complexity index is 1060. The maximum Gasteiger partial charge on any atom is 0.389 e. The van der Waals surface area contributed by atoms with E-state index in [0.717, 1.165) is 27.5 Å². The van der Waals surface area contributed by atoms with E-state index < -0.39 is 12.6 Å². The summed E-state index contributed by atoms with van der Waals surface area (Å²) >= 11 is 0. The van der Waals surface area contributed by atoms with Gasteiger partial charge in [-0.2, -0.15) is 13.2 Å². The predicted molar refractivity (Wildman–Crippen MR) is 85.8 cm³/mol. The van der Waals surface area contributed by atoms with Crippen LogP contribution in [-0.2, 0) is 13.5 Å². The topological polar surface area (TPSA) is 72.3 Å². The van der Waals surface area contributed by atoms with Gasteiger partial charge in [0.2, 0.25) is 0 Å². The normalized spacial score (nSPS) is 12.3. The first-order valence-electron chi connectivity index (χ1n) is 7.60. The minimum Gasteiger partial charge on any atom is -0.345 e. The average molecular weight is 346 g/mol. The number of hydrogen-bond donors (Lipinski definition) is 1. The maximum absolute atomic E-state index is 12.3. The SMILES string of the molecule is Cn1nnc2ccc(-c3c[nH]c4nc(CCC(F)(F)F)ncc34)cc21. The molecule has 0 radical (unpaired) electrons. The minimum atomic E-state index is -4.22. The van der Waals surface area contributed by atoms with Gasteiger partial charge in [0.25, 0.3) is 0 Å². The van der Waals surface area contributed by atoms with Crippen LogP contribution in [0.2, 0.25) is 0 Å². The quantitative estimate of drug-likeness (QED) is 0.617. The van der Waals surface area contributed by atoms with Crippen molar-refractivity contribution in [3.63, 3.8) is 0 Å². The molecule has 0 saturated carbocycles. The number of nitrogens with one attached hydrogen (secondary N) is 1. The highest BCUT2D eigenvalue weighted by Gasteiger charge is 2.27. The summed E-state index contributed by atoms with van der Waals surface area (Å²) in [6.45, 7) is 0. The Morgan fingerprint density at radius 1 is 1.24 bits per heavy atom. The van der Waals surface area contributed by atoms with E-state index in [4.69, 9.17) is 0 Å². The van der Waals surface area contributed by atoms with Crippen molar-refractivity contribution >= 4 is 22.1 Å². The molecule has 6 nitrogen and oxygen atoms in total. The first-order chi connectivity index (χ1) is 11.9. The van der Waals surface area contributed by atoms with Crippen LogP contribution in [-0.4, -0.2) is 36.1 Å². The third-order valence-electron chi connectivity index (χ3n) is 4.04. The average Bonchev–Trinajstić information content (AvgIpc) is 3.15. The van der Waals surface area contributed by atoms with E-state index >= 15 is 0 Å². The lowest BCUT2D eigenvalue weighted by molar-refractivity contribution is -0.134. The van der Waals surface area contributed by atoms with E-state index in [-0.39, 0.29) is 12.2 Å². The fraction of sp³-hybridized carbons (Fsp3) is 0.250. The van der Waals surface area contributed by atoms with Crippen LogP contribution in [0.25, 0.3) is 33.2 Å². The Labute approximate surface area is 139 Å². The zero-order valence-corrected chi connectivity index (χ0v) is 13.2. The molecule has 0 atom stereocenters. The zero-order chi connectivity index (χ0) is 17.6. The molecule has 0 saturated heterocycles. The van der Waals surface area contributed by atoms with Crippen LogP contribution >= 0.6 is 0 Å². The number of aromatic amines is 1. The van der Waals surface area contributed by atoms with Gasteiger partial charge in [-0.15, -0.1) is 5.10 Å². The van der Waals surface area contributed by atoms with Crippen molar-refractivity contribution in [2.45, 2.75) is 19.0 Å². The first kappa shape index (κ1) is 15.6. The lowest BCUT2D eigenvalue weighted by atomic mass is 10.1. The largest absolute Gasteiger partial charge is 0.389 e. The maximum atomic E-state index is 12.3. The molecule has 0 bridgehead atoms. The van der Waals surface area contributed by atoms with Crippen LogP contribution in [0.1, 0.15) is 12.2 Å². The van der Waals surface area contributed by atoms with Crippen LogP contribution in [0.5, 0.6) is 0 Å². The van der Waals surface area contributed by atoms with Crippen LogP contribution in [0.4, 0.5) is 13.2 Å². The van der Waals surface area contributed by atoms with E-state index in [0.29, 0.717) is 5.65 Å². The van der Waals surface area contributed by atoms with Crippen molar-refractivity contribution in [1.29, 1.82) is 0 Å². The van der Waals surface area contributed by atoms with Crippen LogP contribution in [0, 0.1) is 0 Å². The van der Waals surface area contributed by atoms with Crippen molar-refractivity contribution in [3.05, 3.63) is 36.4 Å². The van der Waals surface area contributed by atoms with Gasteiger partial charge in [-0.1, -0.05) is 11.3 Å². The van der Waals surface area contributed by atoms with E-state index in [9.17, 15) is 13.2 Å². The number of rotatable bonds is 3. The Morgan fingerprint density at radius 3 is 2.88 bits per heavy atom. The van der Waals surface area contributed by atoms with Crippen molar-refractivity contribution in [1.82, 2.24) is 29.9 Å². The molecular formula is C16H13F3N6. The van der Waals surface area contributed by atoms with Crippen LogP contribution < -0.4 is 0 Å². The highest BCUT2D eigenvalue weighted by atomic mass is 19.4. The number of aromatic nitrogens is 6. The lowest BCUT2D eigenvalue weighted by Crippen LogP contribution is -2.10. The molecule has 0 aliphatic carbocycles. The van der Waals surface area contributed by atoms with Gasteiger partial charge in [-0.3, -0.25) is 0 Å². The second kappa shape index (κ2) is 5.54.